The van der Waals surface area contributed by atoms with Crippen LogP contribution >= 0.6 is 11.6 Å². The smallest absolute Gasteiger partial charge is 0.310 e. The molecule has 2 N–H and O–H groups in total. The van der Waals surface area contributed by atoms with Gasteiger partial charge < -0.3 is 25.2 Å². The maximum absolute atomic E-state index is 13.2. The molecule has 220 valence electrons. The van der Waals surface area contributed by atoms with Crippen LogP contribution in [0.3, 0.4) is 0 Å². The molecule has 0 bridgehead atoms. The number of hydrogen-bond acceptors (Lipinski definition) is 8. The Morgan fingerprint density at radius 1 is 0.951 bits per heavy atom. The number of piperazine rings is 1. The first kappa shape index (κ1) is 31.8. The fourth-order valence-electron chi connectivity index (χ4n) is 4.61. The molecule has 1 fully saturated rings. The first-order chi connectivity index (χ1) is 19.8. The molecule has 3 heterocycles. The molecule has 0 aliphatic carbocycles. The average molecular weight is 583 g/mol. The number of esters is 1. The first-order valence-electron chi connectivity index (χ1n) is 13.9. The van der Waals surface area contributed by atoms with Crippen LogP contribution in [0.25, 0.3) is 10.9 Å². The van der Waals surface area contributed by atoms with Gasteiger partial charge in [-0.05, 0) is 42.8 Å². The number of nitrogen functional groups attached to an aromatic ring is 1. The third kappa shape index (κ3) is 8.37. The summed E-state index contributed by atoms with van der Waals surface area (Å²) in [7, 11) is 2.06. The highest BCUT2D eigenvalue weighted by Crippen LogP contribution is 2.26. The molecule has 0 radical (unpaired) electrons. The van der Waals surface area contributed by atoms with Crippen molar-refractivity contribution >= 4 is 46.2 Å². The van der Waals surface area contributed by atoms with Crippen LogP contribution in [0.2, 0.25) is 0 Å². The Kier molecular flexibility index (Phi) is 11.9. The van der Waals surface area contributed by atoms with Crippen molar-refractivity contribution < 1.29 is 19.1 Å². The Hall–Kier alpha value is -3.76. The van der Waals surface area contributed by atoms with E-state index in [0.717, 1.165) is 42.9 Å². The van der Waals surface area contributed by atoms with Crippen molar-refractivity contribution in [3.05, 3.63) is 64.8 Å². The summed E-state index contributed by atoms with van der Waals surface area (Å²) < 4.78 is 5.01. The van der Waals surface area contributed by atoms with E-state index in [1.165, 1.54) is 0 Å². The fraction of sp³-hybridized carbons (Fsp3) is 0.433. The van der Waals surface area contributed by atoms with Crippen molar-refractivity contribution in [3.63, 3.8) is 0 Å². The normalized spacial score (nSPS) is 14.4. The third-order valence-electron chi connectivity index (χ3n) is 6.73. The summed E-state index contributed by atoms with van der Waals surface area (Å²) in [6.45, 7) is 10.7. The van der Waals surface area contributed by atoms with Crippen molar-refractivity contribution in [1.82, 2.24) is 24.7 Å². The molecule has 10 nitrogen and oxygen atoms in total. The number of amides is 2. The van der Waals surface area contributed by atoms with Crippen LogP contribution in [0, 0.1) is 0 Å². The minimum Gasteiger partial charge on any atom is -0.466 e. The molecular weight excluding hydrogens is 544 g/mol. The average Bonchev–Trinajstić information content (AvgIpc) is 3.42. The van der Waals surface area contributed by atoms with Crippen LogP contribution in [-0.2, 0) is 33.8 Å². The van der Waals surface area contributed by atoms with E-state index in [2.05, 4.69) is 21.9 Å². The number of fused-ring (bicyclic) bond motifs is 2. The number of alkyl halides is 1. The number of hydrogen-bond donors (Lipinski definition) is 1. The number of benzene rings is 2. The molecule has 2 aliphatic rings. The van der Waals surface area contributed by atoms with E-state index in [4.69, 9.17) is 22.1 Å². The molecule has 5 rings (SSSR count). The summed E-state index contributed by atoms with van der Waals surface area (Å²) in [5.41, 5.74) is 9.65. The van der Waals surface area contributed by atoms with Gasteiger partial charge in [-0.15, -0.1) is 11.6 Å². The number of ether oxygens (including phenoxy) is 1. The summed E-state index contributed by atoms with van der Waals surface area (Å²) in [4.78, 5) is 50.3. The number of anilines is 1. The quantitative estimate of drug-likeness (QED) is 0.358. The summed E-state index contributed by atoms with van der Waals surface area (Å²) in [6.07, 6.45) is 0.122. The monoisotopic (exact) mass is 582 g/mol. The number of likely N-dealkylation sites (N-methyl/N-ethyl adjacent to an activating group) is 1. The lowest BCUT2D eigenvalue weighted by molar-refractivity contribution is -0.142. The fourth-order valence-corrected chi connectivity index (χ4v) is 4.78. The highest BCUT2D eigenvalue weighted by Gasteiger charge is 2.27. The van der Waals surface area contributed by atoms with Crippen molar-refractivity contribution in [2.75, 3.05) is 51.4 Å². The molecule has 3 aromatic rings. The molecule has 11 heteroatoms. The summed E-state index contributed by atoms with van der Waals surface area (Å²) >= 11 is 5.42. The number of carbonyl (C=O) groups excluding carboxylic acids is 3. The van der Waals surface area contributed by atoms with Gasteiger partial charge in [0.25, 0.3) is 5.91 Å². The lowest BCUT2D eigenvalue weighted by Gasteiger charge is -2.31. The molecular formula is C30H39ClN6O4. The molecule has 1 saturated heterocycles. The van der Waals surface area contributed by atoms with Gasteiger partial charge in [0.05, 0.1) is 18.5 Å². The van der Waals surface area contributed by atoms with Crippen molar-refractivity contribution in [2.24, 2.45) is 0 Å². The summed E-state index contributed by atoms with van der Waals surface area (Å²) in [5.74, 6) is -0.306. The highest BCUT2D eigenvalue weighted by atomic mass is 35.5. The second-order valence-electron chi connectivity index (χ2n) is 9.51. The highest BCUT2D eigenvalue weighted by molar-refractivity contribution is 6.27. The topological polar surface area (TPSA) is 122 Å². The van der Waals surface area contributed by atoms with Crippen molar-refractivity contribution in [3.8, 4) is 0 Å². The van der Waals surface area contributed by atoms with E-state index < -0.39 is 0 Å². The van der Waals surface area contributed by atoms with Crippen LogP contribution in [0.1, 0.15) is 48.0 Å². The number of rotatable bonds is 5. The van der Waals surface area contributed by atoms with Crippen molar-refractivity contribution in [1.29, 1.82) is 0 Å². The van der Waals surface area contributed by atoms with E-state index in [-0.39, 0.29) is 41.7 Å². The van der Waals surface area contributed by atoms with Gasteiger partial charge in [0, 0.05) is 44.7 Å². The largest absolute Gasteiger partial charge is 0.466 e. The van der Waals surface area contributed by atoms with Gasteiger partial charge >= 0.3 is 5.97 Å². The predicted octanol–water partition coefficient (Wildman–Crippen LogP) is 3.50. The molecule has 0 spiro atoms. The molecule has 2 aromatic carbocycles. The van der Waals surface area contributed by atoms with Crippen LogP contribution in [0.5, 0.6) is 0 Å². The van der Waals surface area contributed by atoms with Crippen LogP contribution in [-0.4, -0.2) is 88.2 Å². The van der Waals surface area contributed by atoms with E-state index in [9.17, 15) is 14.4 Å². The maximum atomic E-state index is 13.2. The molecule has 0 unspecified atom stereocenters. The van der Waals surface area contributed by atoms with Crippen LogP contribution < -0.4 is 5.73 Å². The van der Waals surface area contributed by atoms with Crippen LogP contribution in [0.15, 0.2) is 42.5 Å². The predicted molar refractivity (Wildman–Crippen MR) is 160 cm³/mol. The van der Waals surface area contributed by atoms with Crippen LogP contribution in [0.4, 0.5) is 5.95 Å². The summed E-state index contributed by atoms with van der Waals surface area (Å²) in [5, 5.41) is 0.581. The Balaban J connectivity index is 0.000000299. The molecule has 41 heavy (non-hydrogen) atoms. The van der Waals surface area contributed by atoms with E-state index in [1.807, 2.05) is 43.0 Å². The van der Waals surface area contributed by atoms with Gasteiger partial charge in [-0.2, -0.15) is 0 Å². The number of halogens is 1. The van der Waals surface area contributed by atoms with Gasteiger partial charge in [-0.3, -0.25) is 14.4 Å². The number of aromatic nitrogens is 2. The van der Waals surface area contributed by atoms with E-state index >= 15 is 0 Å². The second kappa shape index (κ2) is 15.3. The SMILES string of the molecule is CC.CCOC(=O)Cc1ccc2nc(N)nc(C(=O)N3Cc4ccccc4C3)c2c1.CN1CCN(C(=O)CCl)CC1. The Bertz CT molecular complexity index is 1340. The lowest BCUT2D eigenvalue weighted by Crippen LogP contribution is -2.47. The number of nitrogens with zero attached hydrogens (tertiary/aromatic N) is 5. The number of carbonyl (C=O) groups is 3. The lowest BCUT2D eigenvalue weighted by atomic mass is 10.1. The zero-order chi connectivity index (χ0) is 29.9. The Morgan fingerprint density at radius 2 is 1.59 bits per heavy atom. The molecule has 2 amide bonds. The standard InChI is InChI=1S/C21H20N4O3.C7H13ClN2O.C2H6/c1-2-28-18(26)10-13-7-8-17-16(9-13)19(24-21(22)23-17)20(27)25-11-14-5-3-4-6-15(14)12-25;1-9-2-4-10(5-3-9)7(11)6-8;1-2/h3-9H,2,10-12H2,1H3,(H2,22,23,24);2-6H2,1H3;1-2H3. The van der Waals surface area contributed by atoms with Gasteiger partial charge in [-0.1, -0.05) is 44.2 Å². The molecule has 0 atom stereocenters. The second-order valence-corrected chi connectivity index (χ2v) is 9.78. The molecule has 2 aliphatic heterocycles. The maximum Gasteiger partial charge on any atom is 0.310 e. The van der Waals surface area contributed by atoms with Gasteiger partial charge in [0.15, 0.2) is 0 Å². The zero-order valence-electron chi connectivity index (χ0n) is 24.2. The van der Waals surface area contributed by atoms with Gasteiger partial charge in [0.1, 0.15) is 11.6 Å². The number of nitrogens with two attached hydrogens (primary N) is 1. The molecule has 1 aromatic heterocycles. The first-order valence-corrected chi connectivity index (χ1v) is 14.4. The Labute approximate surface area is 246 Å². The minimum absolute atomic E-state index is 0.0469. The van der Waals surface area contributed by atoms with Gasteiger partial charge in [0.2, 0.25) is 11.9 Å². The summed E-state index contributed by atoms with van der Waals surface area (Å²) in [6, 6.07) is 13.3. The van der Waals surface area contributed by atoms with E-state index in [1.54, 1.807) is 30.0 Å². The zero-order valence-corrected chi connectivity index (χ0v) is 25.0. The van der Waals surface area contributed by atoms with Crippen molar-refractivity contribution in [2.45, 2.75) is 40.3 Å². The van der Waals surface area contributed by atoms with E-state index in [0.29, 0.717) is 30.6 Å². The molecule has 0 saturated carbocycles. The third-order valence-corrected chi connectivity index (χ3v) is 6.96. The Morgan fingerprint density at radius 3 is 2.17 bits per heavy atom. The van der Waals surface area contributed by atoms with Gasteiger partial charge in [-0.25, -0.2) is 9.97 Å². The minimum atomic E-state index is -0.318.